The predicted octanol–water partition coefficient (Wildman–Crippen LogP) is 3.93. The van der Waals surface area contributed by atoms with E-state index in [1.54, 1.807) is 0 Å². The van der Waals surface area contributed by atoms with Crippen molar-refractivity contribution in [2.45, 2.75) is 58.4 Å². The van der Waals surface area contributed by atoms with E-state index in [1.165, 1.54) is 75.1 Å². The summed E-state index contributed by atoms with van der Waals surface area (Å²) >= 11 is 0. The molecule has 0 unspecified atom stereocenters. The SMILES string of the molecule is CCN1CCCC[C@H]1c1cnc(N2CCCCC2)cc1C. The highest BCUT2D eigenvalue weighted by Gasteiger charge is 2.24. The fourth-order valence-electron chi connectivity index (χ4n) is 3.92. The summed E-state index contributed by atoms with van der Waals surface area (Å²) in [7, 11) is 0. The molecule has 1 aromatic rings. The Kier molecular flexibility index (Phi) is 4.79. The summed E-state index contributed by atoms with van der Waals surface area (Å²) in [5.74, 6) is 1.19. The minimum Gasteiger partial charge on any atom is -0.357 e. The fraction of sp³-hybridized carbons (Fsp3) is 0.722. The molecule has 0 bridgehead atoms. The molecule has 0 aliphatic carbocycles. The van der Waals surface area contributed by atoms with Crippen LogP contribution in [0.1, 0.15) is 62.6 Å². The number of hydrogen-bond acceptors (Lipinski definition) is 3. The predicted molar refractivity (Wildman–Crippen MR) is 88.9 cm³/mol. The van der Waals surface area contributed by atoms with Crippen molar-refractivity contribution >= 4 is 5.82 Å². The number of aromatic nitrogens is 1. The molecule has 3 rings (SSSR count). The molecular weight excluding hydrogens is 258 g/mol. The van der Waals surface area contributed by atoms with E-state index in [2.05, 4.69) is 35.9 Å². The van der Waals surface area contributed by atoms with E-state index in [9.17, 15) is 0 Å². The van der Waals surface area contributed by atoms with Gasteiger partial charge in [0, 0.05) is 25.3 Å². The molecule has 0 N–H and O–H groups in total. The topological polar surface area (TPSA) is 19.4 Å². The number of nitrogens with zero attached hydrogens (tertiary/aromatic N) is 3. The lowest BCUT2D eigenvalue weighted by molar-refractivity contribution is 0.156. The van der Waals surface area contributed by atoms with Gasteiger partial charge in [-0.15, -0.1) is 0 Å². The standard InChI is InChI=1S/C18H29N3/c1-3-20-10-8-5-9-17(20)16-14-19-18(13-15(16)2)21-11-6-4-7-12-21/h13-14,17H,3-12H2,1-2H3/t17-/m0/s1. The van der Waals surface area contributed by atoms with Gasteiger partial charge >= 0.3 is 0 Å². The highest BCUT2D eigenvalue weighted by atomic mass is 15.2. The first kappa shape index (κ1) is 14.8. The van der Waals surface area contributed by atoms with Crippen LogP contribution in [0.2, 0.25) is 0 Å². The van der Waals surface area contributed by atoms with Gasteiger partial charge in [-0.3, -0.25) is 4.90 Å². The maximum Gasteiger partial charge on any atom is 0.128 e. The minimum absolute atomic E-state index is 0.589. The molecule has 0 aromatic carbocycles. The lowest BCUT2D eigenvalue weighted by Crippen LogP contribution is -2.34. The normalized spacial score (nSPS) is 24.3. The van der Waals surface area contributed by atoms with Crippen LogP contribution >= 0.6 is 0 Å². The van der Waals surface area contributed by atoms with E-state index in [1.807, 2.05) is 0 Å². The summed E-state index contributed by atoms with van der Waals surface area (Å²) < 4.78 is 0. The zero-order valence-corrected chi connectivity index (χ0v) is 13.6. The van der Waals surface area contributed by atoms with Crippen molar-refractivity contribution in [3.05, 3.63) is 23.4 Å². The molecular formula is C18H29N3. The van der Waals surface area contributed by atoms with Crippen LogP contribution in [-0.4, -0.2) is 36.1 Å². The third-order valence-electron chi connectivity index (χ3n) is 5.20. The summed E-state index contributed by atoms with van der Waals surface area (Å²) in [6, 6.07) is 2.91. The Hall–Kier alpha value is -1.09. The fourth-order valence-corrected chi connectivity index (χ4v) is 3.92. The first-order valence-electron chi connectivity index (χ1n) is 8.75. The second-order valence-corrected chi connectivity index (χ2v) is 6.59. The van der Waals surface area contributed by atoms with Crippen molar-refractivity contribution in [3.8, 4) is 0 Å². The largest absolute Gasteiger partial charge is 0.357 e. The number of pyridine rings is 1. The quantitative estimate of drug-likeness (QED) is 0.840. The van der Waals surface area contributed by atoms with E-state index in [0.29, 0.717) is 6.04 Å². The molecule has 0 saturated carbocycles. The number of anilines is 1. The summed E-state index contributed by atoms with van der Waals surface area (Å²) in [6.07, 6.45) is 10.2. The van der Waals surface area contributed by atoms with Crippen molar-refractivity contribution in [3.63, 3.8) is 0 Å². The number of rotatable bonds is 3. The Balaban J connectivity index is 1.80. The van der Waals surface area contributed by atoms with Gasteiger partial charge in [-0.1, -0.05) is 13.3 Å². The summed E-state index contributed by atoms with van der Waals surface area (Å²) in [5.41, 5.74) is 2.88. The zero-order valence-electron chi connectivity index (χ0n) is 13.6. The molecule has 1 aromatic heterocycles. The van der Waals surface area contributed by atoms with Crippen molar-refractivity contribution < 1.29 is 0 Å². The Labute approximate surface area is 129 Å². The van der Waals surface area contributed by atoms with Crippen LogP contribution in [-0.2, 0) is 0 Å². The van der Waals surface area contributed by atoms with Crippen LogP contribution < -0.4 is 4.90 Å². The van der Waals surface area contributed by atoms with Crippen LogP contribution in [0.5, 0.6) is 0 Å². The molecule has 3 heteroatoms. The minimum atomic E-state index is 0.589. The molecule has 2 aliphatic rings. The molecule has 2 saturated heterocycles. The molecule has 2 aliphatic heterocycles. The van der Waals surface area contributed by atoms with Crippen LogP contribution in [0.25, 0.3) is 0 Å². The van der Waals surface area contributed by atoms with Gasteiger partial charge < -0.3 is 4.90 Å². The lowest BCUT2D eigenvalue weighted by atomic mass is 9.93. The van der Waals surface area contributed by atoms with Crippen LogP contribution in [0, 0.1) is 6.92 Å². The average Bonchev–Trinajstić information content (AvgIpc) is 2.55. The van der Waals surface area contributed by atoms with Crippen molar-refractivity contribution in [1.82, 2.24) is 9.88 Å². The van der Waals surface area contributed by atoms with Gasteiger partial charge in [0.15, 0.2) is 0 Å². The van der Waals surface area contributed by atoms with Crippen LogP contribution in [0.4, 0.5) is 5.82 Å². The number of aryl methyl sites for hydroxylation is 1. The molecule has 3 heterocycles. The monoisotopic (exact) mass is 287 g/mol. The third kappa shape index (κ3) is 3.23. The van der Waals surface area contributed by atoms with Gasteiger partial charge in [0.1, 0.15) is 5.82 Å². The molecule has 1 atom stereocenters. The maximum absolute atomic E-state index is 4.81. The molecule has 116 valence electrons. The number of piperidine rings is 2. The summed E-state index contributed by atoms with van der Waals surface area (Å²) in [6.45, 7) is 9.30. The van der Waals surface area contributed by atoms with Crippen molar-refractivity contribution in [1.29, 1.82) is 0 Å². The van der Waals surface area contributed by atoms with Gasteiger partial charge in [-0.05, 0) is 69.3 Å². The highest BCUT2D eigenvalue weighted by Crippen LogP contribution is 2.33. The van der Waals surface area contributed by atoms with Crippen molar-refractivity contribution in [2.75, 3.05) is 31.1 Å². The van der Waals surface area contributed by atoms with Crippen LogP contribution in [0.3, 0.4) is 0 Å². The van der Waals surface area contributed by atoms with E-state index >= 15 is 0 Å². The molecule has 2 fully saturated rings. The highest BCUT2D eigenvalue weighted by molar-refractivity contribution is 5.44. The van der Waals surface area contributed by atoms with E-state index < -0.39 is 0 Å². The molecule has 21 heavy (non-hydrogen) atoms. The Bertz CT molecular complexity index is 466. The maximum atomic E-state index is 4.81. The van der Waals surface area contributed by atoms with Gasteiger partial charge in [-0.2, -0.15) is 0 Å². The van der Waals surface area contributed by atoms with Gasteiger partial charge in [-0.25, -0.2) is 4.98 Å². The molecule has 3 nitrogen and oxygen atoms in total. The second-order valence-electron chi connectivity index (χ2n) is 6.59. The Morgan fingerprint density at radius 3 is 2.57 bits per heavy atom. The van der Waals surface area contributed by atoms with E-state index in [4.69, 9.17) is 4.98 Å². The average molecular weight is 287 g/mol. The zero-order chi connectivity index (χ0) is 14.7. The van der Waals surface area contributed by atoms with E-state index in [0.717, 1.165) is 6.54 Å². The third-order valence-corrected chi connectivity index (χ3v) is 5.20. The molecule has 0 radical (unpaired) electrons. The lowest BCUT2D eigenvalue weighted by Gasteiger charge is -2.36. The van der Waals surface area contributed by atoms with E-state index in [-0.39, 0.29) is 0 Å². The first-order valence-corrected chi connectivity index (χ1v) is 8.75. The number of likely N-dealkylation sites (tertiary alicyclic amines) is 1. The number of hydrogen-bond donors (Lipinski definition) is 0. The summed E-state index contributed by atoms with van der Waals surface area (Å²) in [5, 5.41) is 0. The van der Waals surface area contributed by atoms with Gasteiger partial charge in [0.2, 0.25) is 0 Å². The molecule has 0 spiro atoms. The summed E-state index contributed by atoms with van der Waals surface area (Å²) in [4.78, 5) is 9.88. The van der Waals surface area contributed by atoms with Gasteiger partial charge in [0.05, 0.1) is 0 Å². The van der Waals surface area contributed by atoms with Crippen molar-refractivity contribution in [2.24, 2.45) is 0 Å². The van der Waals surface area contributed by atoms with Crippen LogP contribution in [0.15, 0.2) is 12.3 Å². The molecule has 0 amide bonds. The second kappa shape index (κ2) is 6.78. The Morgan fingerprint density at radius 1 is 1.10 bits per heavy atom. The first-order chi connectivity index (χ1) is 10.3. The Morgan fingerprint density at radius 2 is 1.86 bits per heavy atom. The smallest absolute Gasteiger partial charge is 0.128 e. The van der Waals surface area contributed by atoms with Gasteiger partial charge in [0.25, 0.3) is 0 Å².